The van der Waals surface area contributed by atoms with Crippen LogP contribution in [0.3, 0.4) is 0 Å². The molecule has 0 aliphatic rings. The van der Waals surface area contributed by atoms with Crippen molar-refractivity contribution in [1.82, 2.24) is 0 Å². The molecule has 0 aliphatic heterocycles. The Morgan fingerprint density at radius 1 is 1.50 bits per heavy atom. The average molecular weight is 287 g/mol. The average Bonchev–Trinajstić information content (AvgIpc) is 2.17. The van der Waals surface area contributed by atoms with E-state index in [1.165, 1.54) is 0 Å². The molecule has 0 bridgehead atoms. The molecule has 1 rings (SSSR count). The van der Waals surface area contributed by atoms with Crippen molar-refractivity contribution in [3.8, 4) is 5.75 Å². The minimum absolute atomic E-state index is 0.552. The van der Waals surface area contributed by atoms with Crippen LogP contribution in [0.15, 0.2) is 10.5 Å². The van der Waals surface area contributed by atoms with E-state index in [2.05, 4.69) is 15.9 Å². The minimum Gasteiger partial charge on any atom is -0.496 e. The molecule has 1 atom stereocenters. The number of halogens is 1. The number of rotatable bonds is 3. The largest absolute Gasteiger partial charge is 0.496 e. The first-order valence-electron chi connectivity index (χ1n) is 4.96. The zero-order valence-corrected chi connectivity index (χ0v) is 11.4. The lowest BCUT2D eigenvalue weighted by Gasteiger charge is -2.17. The second-order valence-corrected chi connectivity index (χ2v) is 4.66. The van der Waals surface area contributed by atoms with Crippen LogP contribution >= 0.6 is 15.9 Å². The molecule has 0 heterocycles. The number of carboxylic acid groups (broad SMARTS) is 1. The van der Waals surface area contributed by atoms with Crippen molar-refractivity contribution >= 4 is 21.9 Å². The summed E-state index contributed by atoms with van der Waals surface area (Å²) in [4.78, 5) is 11.0. The predicted molar refractivity (Wildman–Crippen MR) is 66.2 cm³/mol. The van der Waals surface area contributed by atoms with Crippen LogP contribution in [0.5, 0.6) is 5.75 Å². The predicted octanol–water partition coefficient (Wildman–Crippen LogP) is 3.26. The lowest BCUT2D eigenvalue weighted by molar-refractivity contribution is -0.138. The van der Waals surface area contributed by atoms with Crippen LogP contribution in [0.1, 0.15) is 29.5 Å². The Balaban J connectivity index is 3.45. The van der Waals surface area contributed by atoms with E-state index < -0.39 is 11.9 Å². The van der Waals surface area contributed by atoms with Gasteiger partial charge in [-0.2, -0.15) is 0 Å². The second kappa shape index (κ2) is 4.87. The Bertz CT molecular complexity index is 427. The highest BCUT2D eigenvalue weighted by Crippen LogP contribution is 2.36. The zero-order valence-electron chi connectivity index (χ0n) is 9.80. The Hall–Kier alpha value is -1.03. The highest BCUT2D eigenvalue weighted by molar-refractivity contribution is 9.10. The summed E-state index contributed by atoms with van der Waals surface area (Å²) in [6, 6.07) is 1.89. The first-order valence-corrected chi connectivity index (χ1v) is 5.75. The molecule has 16 heavy (non-hydrogen) atoms. The fourth-order valence-corrected chi connectivity index (χ4v) is 2.88. The highest BCUT2D eigenvalue weighted by atomic mass is 79.9. The monoisotopic (exact) mass is 286 g/mol. The topological polar surface area (TPSA) is 46.5 Å². The van der Waals surface area contributed by atoms with Gasteiger partial charge in [0.25, 0.3) is 0 Å². The summed E-state index contributed by atoms with van der Waals surface area (Å²) in [7, 11) is 1.60. The van der Waals surface area contributed by atoms with Gasteiger partial charge < -0.3 is 9.84 Å². The van der Waals surface area contributed by atoms with Crippen molar-refractivity contribution in [3.63, 3.8) is 0 Å². The van der Waals surface area contributed by atoms with E-state index in [4.69, 9.17) is 9.84 Å². The van der Waals surface area contributed by atoms with Gasteiger partial charge in [-0.05, 0) is 43.5 Å². The van der Waals surface area contributed by atoms with Gasteiger partial charge in [0.2, 0.25) is 0 Å². The van der Waals surface area contributed by atoms with Crippen molar-refractivity contribution in [2.75, 3.05) is 7.11 Å². The van der Waals surface area contributed by atoms with E-state index in [1.54, 1.807) is 14.0 Å². The first-order chi connectivity index (χ1) is 7.40. The molecule has 0 radical (unpaired) electrons. The summed E-state index contributed by atoms with van der Waals surface area (Å²) in [6.45, 7) is 5.49. The van der Waals surface area contributed by atoms with Crippen LogP contribution in [-0.2, 0) is 4.79 Å². The molecule has 1 aromatic rings. The highest BCUT2D eigenvalue weighted by Gasteiger charge is 2.22. The van der Waals surface area contributed by atoms with E-state index in [-0.39, 0.29) is 0 Å². The number of hydrogen-bond donors (Lipinski definition) is 1. The number of methoxy groups -OCH3 is 1. The Kier molecular flexibility index (Phi) is 3.97. The van der Waals surface area contributed by atoms with Gasteiger partial charge in [0, 0.05) is 4.47 Å². The Labute approximate surface area is 104 Å². The summed E-state index contributed by atoms with van der Waals surface area (Å²) in [6.07, 6.45) is 0. The number of aryl methyl sites for hydroxylation is 1. The van der Waals surface area contributed by atoms with Crippen molar-refractivity contribution in [2.24, 2.45) is 0 Å². The summed E-state index contributed by atoms with van der Waals surface area (Å²) >= 11 is 3.41. The van der Waals surface area contributed by atoms with Gasteiger partial charge in [-0.1, -0.05) is 15.9 Å². The second-order valence-electron chi connectivity index (χ2n) is 3.81. The number of benzene rings is 1. The number of hydrogen-bond acceptors (Lipinski definition) is 2. The fourth-order valence-electron chi connectivity index (χ4n) is 1.90. The quantitative estimate of drug-likeness (QED) is 0.928. The standard InChI is InChI=1S/C12H15BrO3/c1-6-5-9(13)10(8(3)12(14)15)7(2)11(6)16-4/h5,8H,1-4H3,(H,14,15). The smallest absolute Gasteiger partial charge is 0.310 e. The van der Waals surface area contributed by atoms with Gasteiger partial charge in [0.15, 0.2) is 0 Å². The maximum atomic E-state index is 11.0. The van der Waals surface area contributed by atoms with Crippen LogP contribution in [-0.4, -0.2) is 18.2 Å². The maximum absolute atomic E-state index is 11.0. The maximum Gasteiger partial charge on any atom is 0.310 e. The minimum atomic E-state index is -0.838. The van der Waals surface area contributed by atoms with Crippen molar-refractivity contribution in [3.05, 3.63) is 27.2 Å². The summed E-state index contributed by atoms with van der Waals surface area (Å²) in [5.74, 6) is -0.634. The van der Waals surface area contributed by atoms with Crippen LogP contribution in [0.4, 0.5) is 0 Å². The van der Waals surface area contributed by atoms with E-state index in [1.807, 2.05) is 19.9 Å². The van der Waals surface area contributed by atoms with Gasteiger partial charge in [0.05, 0.1) is 13.0 Å². The molecule has 1 aromatic carbocycles. The molecular weight excluding hydrogens is 272 g/mol. The summed E-state index contributed by atoms with van der Waals surface area (Å²) < 4.78 is 6.11. The molecule has 0 aliphatic carbocycles. The molecule has 0 amide bonds. The van der Waals surface area contributed by atoms with Gasteiger partial charge >= 0.3 is 5.97 Å². The molecule has 1 unspecified atom stereocenters. The fraction of sp³-hybridized carbons (Fsp3) is 0.417. The van der Waals surface area contributed by atoms with Crippen molar-refractivity contribution < 1.29 is 14.6 Å². The number of carbonyl (C=O) groups is 1. The first kappa shape index (κ1) is 13.0. The van der Waals surface area contributed by atoms with Crippen LogP contribution in [0.2, 0.25) is 0 Å². The molecular formula is C12H15BrO3. The Morgan fingerprint density at radius 2 is 2.06 bits per heavy atom. The molecule has 0 saturated carbocycles. The van der Waals surface area contributed by atoms with Crippen LogP contribution in [0, 0.1) is 13.8 Å². The number of aliphatic carboxylic acids is 1. The molecule has 88 valence electrons. The van der Waals surface area contributed by atoms with Gasteiger partial charge in [-0.15, -0.1) is 0 Å². The summed E-state index contributed by atoms with van der Waals surface area (Å²) in [5.41, 5.74) is 2.65. The molecule has 0 saturated heterocycles. The summed E-state index contributed by atoms with van der Waals surface area (Å²) in [5, 5.41) is 9.06. The van der Waals surface area contributed by atoms with Crippen molar-refractivity contribution in [2.45, 2.75) is 26.7 Å². The van der Waals surface area contributed by atoms with E-state index >= 15 is 0 Å². The zero-order chi connectivity index (χ0) is 12.5. The van der Waals surface area contributed by atoms with Crippen LogP contribution < -0.4 is 4.74 Å². The molecule has 0 spiro atoms. The number of ether oxygens (including phenoxy) is 1. The van der Waals surface area contributed by atoms with E-state index in [0.29, 0.717) is 0 Å². The van der Waals surface area contributed by atoms with Gasteiger partial charge in [0.1, 0.15) is 5.75 Å². The molecule has 3 nitrogen and oxygen atoms in total. The lowest BCUT2D eigenvalue weighted by atomic mass is 9.94. The third-order valence-electron chi connectivity index (χ3n) is 2.71. The Morgan fingerprint density at radius 3 is 2.50 bits per heavy atom. The third kappa shape index (κ3) is 2.21. The number of carboxylic acids is 1. The van der Waals surface area contributed by atoms with Crippen LogP contribution in [0.25, 0.3) is 0 Å². The molecule has 1 N–H and O–H groups in total. The molecule has 0 aromatic heterocycles. The third-order valence-corrected chi connectivity index (χ3v) is 3.37. The normalized spacial score (nSPS) is 12.3. The van der Waals surface area contributed by atoms with Gasteiger partial charge in [-0.25, -0.2) is 0 Å². The van der Waals surface area contributed by atoms with Gasteiger partial charge in [-0.3, -0.25) is 4.79 Å². The lowest BCUT2D eigenvalue weighted by Crippen LogP contribution is -2.11. The van der Waals surface area contributed by atoms with E-state index in [9.17, 15) is 4.79 Å². The molecule has 4 heteroatoms. The molecule has 0 fully saturated rings. The SMILES string of the molecule is COc1c(C)cc(Br)c(C(C)C(=O)O)c1C. The van der Waals surface area contributed by atoms with E-state index in [0.717, 1.165) is 26.9 Å². The van der Waals surface area contributed by atoms with Crippen molar-refractivity contribution in [1.29, 1.82) is 0 Å².